The minimum Gasteiger partial charge on any atom is -0.454 e. The molecule has 0 amide bonds. The van der Waals surface area contributed by atoms with E-state index in [2.05, 4.69) is 4.90 Å². The quantitative estimate of drug-likeness (QED) is 0.566. The third-order valence-corrected chi connectivity index (χ3v) is 5.79. The van der Waals surface area contributed by atoms with E-state index < -0.39 is 5.92 Å². The first-order chi connectivity index (χ1) is 13.2. The smallest absolute Gasteiger partial charge is 0.321 e. The third-order valence-electron chi connectivity index (χ3n) is 5.79. The van der Waals surface area contributed by atoms with E-state index in [1.807, 2.05) is 31.3 Å². The Morgan fingerprint density at radius 1 is 0.926 bits per heavy atom. The van der Waals surface area contributed by atoms with E-state index in [-0.39, 0.29) is 25.6 Å². The number of carbonyl (C=O) groups excluding carboxylic acids is 1. The van der Waals surface area contributed by atoms with Gasteiger partial charge < -0.3 is 23.7 Å². The number of hydrogen-bond donors (Lipinski definition) is 0. The molecule has 0 bridgehead atoms. The monoisotopic (exact) mass is 367 g/mol. The summed E-state index contributed by atoms with van der Waals surface area (Å²) in [5, 5.41) is 0. The summed E-state index contributed by atoms with van der Waals surface area (Å²) in [6.07, 6.45) is 0.898. The maximum atomic E-state index is 12.9. The summed E-state index contributed by atoms with van der Waals surface area (Å²) >= 11 is 0. The first-order valence-corrected chi connectivity index (χ1v) is 8.97. The minimum atomic E-state index is -0.432. The predicted molar refractivity (Wildman–Crippen MR) is 92.6 cm³/mol. The molecule has 2 aromatic rings. The zero-order valence-electron chi connectivity index (χ0n) is 14.7. The van der Waals surface area contributed by atoms with Crippen molar-refractivity contribution in [3.8, 4) is 28.7 Å². The lowest BCUT2D eigenvalue weighted by Crippen LogP contribution is -2.37. The summed E-state index contributed by atoms with van der Waals surface area (Å²) in [6, 6.07) is 7.67. The van der Waals surface area contributed by atoms with Crippen molar-refractivity contribution in [2.24, 2.45) is 0 Å². The Bertz CT molecular complexity index is 987. The van der Waals surface area contributed by atoms with Gasteiger partial charge in [-0.25, -0.2) is 0 Å². The van der Waals surface area contributed by atoms with Crippen LogP contribution in [-0.2, 0) is 11.2 Å². The van der Waals surface area contributed by atoms with E-state index >= 15 is 0 Å². The van der Waals surface area contributed by atoms with Gasteiger partial charge in [0.15, 0.2) is 23.0 Å². The zero-order valence-corrected chi connectivity index (χ0v) is 14.7. The van der Waals surface area contributed by atoms with Crippen LogP contribution in [0.2, 0.25) is 0 Å². The lowest BCUT2D eigenvalue weighted by molar-refractivity contribution is -0.135. The van der Waals surface area contributed by atoms with Crippen molar-refractivity contribution in [1.29, 1.82) is 0 Å². The molecule has 0 aliphatic carbocycles. The van der Waals surface area contributed by atoms with Gasteiger partial charge in [0.2, 0.25) is 19.3 Å². The lowest BCUT2D eigenvalue weighted by atomic mass is 9.81. The molecule has 4 aliphatic heterocycles. The molecular weight excluding hydrogens is 350 g/mol. The van der Waals surface area contributed by atoms with Crippen molar-refractivity contribution in [1.82, 2.24) is 4.90 Å². The second-order valence-electron chi connectivity index (χ2n) is 7.20. The van der Waals surface area contributed by atoms with Crippen LogP contribution in [0.3, 0.4) is 0 Å². The van der Waals surface area contributed by atoms with E-state index in [1.54, 1.807) is 0 Å². The van der Waals surface area contributed by atoms with Crippen molar-refractivity contribution in [3.63, 3.8) is 0 Å². The molecule has 0 saturated carbocycles. The molecular formula is C20H17NO6. The van der Waals surface area contributed by atoms with Gasteiger partial charge in [-0.15, -0.1) is 0 Å². The van der Waals surface area contributed by atoms with Gasteiger partial charge in [0.1, 0.15) is 5.92 Å². The molecule has 4 aliphatic rings. The van der Waals surface area contributed by atoms with Crippen LogP contribution in [0, 0.1) is 0 Å². The Morgan fingerprint density at radius 2 is 1.70 bits per heavy atom. The second kappa shape index (κ2) is 5.29. The molecule has 0 spiro atoms. The van der Waals surface area contributed by atoms with Gasteiger partial charge in [0.25, 0.3) is 0 Å². The maximum absolute atomic E-state index is 12.9. The maximum Gasteiger partial charge on any atom is 0.321 e. The Balaban J connectivity index is 1.50. The molecule has 0 fully saturated rings. The van der Waals surface area contributed by atoms with Crippen molar-refractivity contribution >= 4 is 5.97 Å². The molecule has 0 radical (unpaired) electrons. The average molecular weight is 367 g/mol. The number of rotatable bonds is 1. The second-order valence-corrected chi connectivity index (χ2v) is 7.20. The van der Waals surface area contributed by atoms with Gasteiger partial charge in [-0.2, -0.15) is 0 Å². The number of esters is 1. The zero-order chi connectivity index (χ0) is 18.1. The number of ether oxygens (including phenoxy) is 5. The van der Waals surface area contributed by atoms with Crippen LogP contribution in [0.15, 0.2) is 24.3 Å². The summed E-state index contributed by atoms with van der Waals surface area (Å²) < 4.78 is 27.7. The molecule has 0 N–H and O–H groups in total. The van der Waals surface area contributed by atoms with Crippen molar-refractivity contribution < 1.29 is 28.5 Å². The van der Waals surface area contributed by atoms with Gasteiger partial charge in [0, 0.05) is 12.1 Å². The van der Waals surface area contributed by atoms with Gasteiger partial charge in [-0.05, 0) is 42.8 Å². The number of fused-ring (bicyclic) bond motifs is 5. The standard InChI is InChI=1S/C20H17NO6/c1-21-5-4-10-6-14-15(25-8-24-14)7-12(10)17(21)16-11-2-3-13-19(26-9-23-13)18(11)27-20(16)22/h2-3,6-7,16-17H,4-5,8-9H2,1H3. The molecule has 2 unspecified atom stereocenters. The fourth-order valence-corrected chi connectivity index (χ4v) is 4.50. The molecule has 7 nitrogen and oxygen atoms in total. The molecule has 4 heterocycles. The van der Waals surface area contributed by atoms with Gasteiger partial charge >= 0.3 is 5.97 Å². The molecule has 2 atom stereocenters. The van der Waals surface area contributed by atoms with Gasteiger partial charge in [-0.1, -0.05) is 6.07 Å². The van der Waals surface area contributed by atoms with Crippen molar-refractivity contribution in [2.75, 3.05) is 27.2 Å². The van der Waals surface area contributed by atoms with Crippen molar-refractivity contribution in [2.45, 2.75) is 18.4 Å². The summed E-state index contributed by atoms with van der Waals surface area (Å²) in [7, 11) is 2.04. The average Bonchev–Trinajstić information content (AvgIpc) is 3.37. The molecule has 7 heteroatoms. The molecule has 2 aromatic carbocycles. The lowest BCUT2D eigenvalue weighted by Gasteiger charge is -2.37. The van der Waals surface area contributed by atoms with Gasteiger partial charge in [-0.3, -0.25) is 9.69 Å². The highest BCUT2D eigenvalue weighted by Gasteiger charge is 2.46. The number of hydrogen-bond acceptors (Lipinski definition) is 7. The first-order valence-electron chi connectivity index (χ1n) is 8.97. The largest absolute Gasteiger partial charge is 0.454 e. The highest BCUT2D eigenvalue weighted by Crippen LogP contribution is 2.54. The van der Waals surface area contributed by atoms with Crippen LogP contribution >= 0.6 is 0 Å². The van der Waals surface area contributed by atoms with E-state index in [4.69, 9.17) is 23.7 Å². The summed E-state index contributed by atoms with van der Waals surface area (Å²) in [5.41, 5.74) is 3.11. The first kappa shape index (κ1) is 15.2. The number of carbonyl (C=O) groups is 1. The highest BCUT2D eigenvalue weighted by molar-refractivity contribution is 5.89. The predicted octanol–water partition coefficient (Wildman–Crippen LogP) is 2.38. The van der Waals surface area contributed by atoms with Crippen LogP contribution in [0.5, 0.6) is 28.7 Å². The van der Waals surface area contributed by atoms with E-state index in [9.17, 15) is 4.79 Å². The molecule has 0 saturated heterocycles. The van der Waals surface area contributed by atoms with Crippen LogP contribution in [0.25, 0.3) is 0 Å². The molecule has 27 heavy (non-hydrogen) atoms. The molecule has 0 aromatic heterocycles. The minimum absolute atomic E-state index is 0.141. The van der Waals surface area contributed by atoms with Crippen LogP contribution in [0.1, 0.15) is 28.7 Å². The topological polar surface area (TPSA) is 66.5 Å². The number of likely N-dealkylation sites (N-methyl/N-ethyl adjacent to an activating group) is 1. The highest BCUT2D eigenvalue weighted by atomic mass is 16.7. The summed E-state index contributed by atoms with van der Waals surface area (Å²) in [5.74, 6) is 2.42. The van der Waals surface area contributed by atoms with Gasteiger partial charge in [0.05, 0.1) is 6.04 Å². The Kier molecular flexibility index (Phi) is 2.97. The number of benzene rings is 2. The van der Waals surface area contributed by atoms with Crippen LogP contribution < -0.4 is 23.7 Å². The summed E-state index contributed by atoms with van der Waals surface area (Å²) in [4.78, 5) is 15.1. The fourth-order valence-electron chi connectivity index (χ4n) is 4.50. The summed E-state index contributed by atoms with van der Waals surface area (Å²) in [6.45, 7) is 1.22. The van der Waals surface area contributed by atoms with E-state index in [0.717, 1.165) is 35.6 Å². The Hall–Kier alpha value is -2.93. The Morgan fingerprint density at radius 3 is 2.59 bits per heavy atom. The SMILES string of the molecule is CN1CCc2cc3c(cc2C1C1C(=O)Oc2c1ccc1c2OCO1)OCO3. The van der Waals surface area contributed by atoms with Crippen molar-refractivity contribution in [3.05, 3.63) is 41.0 Å². The molecule has 6 rings (SSSR count). The van der Waals surface area contributed by atoms with E-state index in [0.29, 0.717) is 17.2 Å². The molecule has 138 valence electrons. The third kappa shape index (κ3) is 2.03. The Labute approximate surface area is 155 Å². The van der Waals surface area contributed by atoms with E-state index in [1.165, 1.54) is 5.56 Å². The normalized spacial score (nSPS) is 24.6. The van der Waals surface area contributed by atoms with Crippen LogP contribution in [-0.4, -0.2) is 38.0 Å². The number of nitrogens with zero attached hydrogens (tertiary/aromatic N) is 1. The van der Waals surface area contributed by atoms with Crippen LogP contribution in [0.4, 0.5) is 0 Å². The fraction of sp³-hybridized carbons (Fsp3) is 0.350.